The lowest BCUT2D eigenvalue weighted by Gasteiger charge is -2.13. The Bertz CT molecular complexity index is 766. The standard InChI is InChI=1S/C21H28N4O2S/c1-22-21(23-12-13-28-19-10-5-4-6-11-19)24-15-17-8-7-9-18(14-17)27-16-20(26)25(2)3/h4-11,14H,12-13,15-16H2,1-3H3,(H2,22,23,24). The van der Waals surface area contributed by atoms with Crippen LogP contribution in [0.5, 0.6) is 5.75 Å². The normalized spacial score (nSPS) is 11.0. The van der Waals surface area contributed by atoms with Crippen LogP contribution in [0.25, 0.3) is 0 Å². The van der Waals surface area contributed by atoms with Crippen LogP contribution >= 0.6 is 11.8 Å². The second kappa shape index (κ2) is 11.9. The van der Waals surface area contributed by atoms with Crippen LogP contribution in [0.3, 0.4) is 0 Å². The van der Waals surface area contributed by atoms with Gasteiger partial charge in [-0.2, -0.15) is 0 Å². The fourth-order valence-electron chi connectivity index (χ4n) is 2.28. The summed E-state index contributed by atoms with van der Waals surface area (Å²) in [6, 6.07) is 18.0. The summed E-state index contributed by atoms with van der Waals surface area (Å²) in [6.07, 6.45) is 0. The molecule has 2 N–H and O–H groups in total. The molecule has 0 saturated carbocycles. The van der Waals surface area contributed by atoms with Crippen molar-refractivity contribution in [3.05, 3.63) is 60.2 Å². The molecule has 2 rings (SSSR count). The van der Waals surface area contributed by atoms with Gasteiger partial charge < -0.3 is 20.3 Å². The van der Waals surface area contributed by atoms with E-state index in [0.29, 0.717) is 12.3 Å². The van der Waals surface area contributed by atoms with E-state index >= 15 is 0 Å². The highest BCUT2D eigenvalue weighted by atomic mass is 32.2. The molecule has 28 heavy (non-hydrogen) atoms. The molecule has 0 saturated heterocycles. The van der Waals surface area contributed by atoms with Crippen LogP contribution in [-0.4, -0.2) is 56.8 Å². The zero-order chi connectivity index (χ0) is 20.2. The number of hydrogen-bond acceptors (Lipinski definition) is 4. The summed E-state index contributed by atoms with van der Waals surface area (Å²) >= 11 is 1.81. The quantitative estimate of drug-likeness (QED) is 0.293. The molecule has 0 atom stereocenters. The topological polar surface area (TPSA) is 66.0 Å². The number of amides is 1. The molecule has 0 bridgehead atoms. The highest BCUT2D eigenvalue weighted by molar-refractivity contribution is 7.99. The molecular weight excluding hydrogens is 372 g/mol. The van der Waals surface area contributed by atoms with Crippen molar-refractivity contribution >= 4 is 23.6 Å². The maximum absolute atomic E-state index is 11.6. The molecule has 7 heteroatoms. The summed E-state index contributed by atoms with van der Waals surface area (Å²) < 4.78 is 5.56. The Morgan fingerprint density at radius 2 is 1.89 bits per heavy atom. The van der Waals surface area contributed by atoms with Gasteiger partial charge in [-0.3, -0.25) is 9.79 Å². The van der Waals surface area contributed by atoms with E-state index in [2.05, 4.69) is 27.8 Å². The number of hydrogen-bond donors (Lipinski definition) is 2. The molecule has 0 radical (unpaired) electrons. The highest BCUT2D eigenvalue weighted by Gasteiger charge is 2.05. The van der Waals surface area contributed by atoms with Gasteiger partial charge in [0, 0.05) is 44.9 Å². The lowest BCUT2D eigenvalue weighted by atomic mass is 10.2. The van der Waals surface area contributed by atoms with Gasteiger partial charge in [0.05, 0.1) is 0 Å². The van der Waals surface area contributed by atoms with Crippen molar-refractivity contribution in [3.63, 3.8) is 0 Å². The number of guanidine groups is 1. The number of carbonyl (C=O) groups excluding carboxylic acids is 1. The van der Waals surface area contributed by atoms with E-state index < -0.39 is 0 Å². The molecule has 1 amide bonds. The predicted molar refractivity (Wildman–Crippen MR) is 116 cm³/mol. The van der Waals surface area contributed by atoms with Crippen LogP contribution in [0.15, 0.2) is 64.5 Å². The Morgan fingerprint density at radius 3 is 2.61 bits per heavy atom. The Kier molecular flexibility index (Phi) is 9.21. The number of benzene rings is 2. The monoisotopic (exact) mass is 400 g/mol. The van der Waals surface area contributed by atoms with Crippen LogP contribution in [-0.2, 0) is 11.3 Å². The van der Waals surface area contributed by atoms with Gasteiger partial charge in [0.2, 0.25) is 0 Å². The van der Waals surface area contributed by atoms with Crippen LogP contribution in [0.1, 0.15) is 5.56 Å². The molecule has 0 heterocycles. The van der Waals surface area contributed by atoms with E-state index in [-0.39, 0.29) is 12.5 Å². The minimum Gasteiger partial charge on any atom is -0.484 e. The first kappa shape index (κ1) is 21.6. The fourth-order valence-corrected chi connectivity index (χ4v) is 3.07. The SMILES string of the molecule is CN=C(NCCSc1ccccc1)NCc1cccc(OCC(=O)N(C)C)c1. The van der Waals surface area contributed by atoms with Crippen molar-refractivity contribution in [1.82, 2.24) is 15.5 Å². The summed E-state index contributed by atoms with van der Waals surface area (Å²) in [6.45, 7) is 1.46. The Balaban J connectivity index is 1.73. The number of rotatable bonds is 9. The fraction of sp³-hybridized carbons (Fsp3) is 0.333. The molecule has 2 aromatic rings. The van der Waals surface area contributed by atoms with Crippen LogP contribution in [0, 0.1) is 0 Å². The average molecular weight is 401 g/mol. The van der Waals surface area contributed by atoms with Crippen molar-refractivity contribution in [3.8, 4) is 5.75 Å². The first-order valence-corrected chi connectivity index (χ1v) is 10.1. The third-order valence-electron chi connectivity index (χ3n) is 3.85. The molecule has 0 unspecified atom stereocenters. The summed E-state index contributed by atoms with van der Waals surface area (Å²) in [4.78, 5) is 18.7. The molecule has 150 valence electrons. The summed E-state index contributed by atoms with van der Waals surface area (Å²) in [5, 5.41) is 6.61. The molecule has 0 spiro atoms. The molecule has 2 aromatic carbocycles. The lowest BCUT2D eigenvalue weighted by Crippen LogP contribution is -2.37. The molecule has 0 aliphatic carbocycles. The number of carbonyl (C=O) groups is 1. The van der Waals surface area contributed by atoms with E-state index in [1.165, 1.54) is 9.80 Å². The van der Waals surface area contributed by atoms with Gasteiger partial charge in [-0.05, 0) is 29.8 Å². The van der Waals surface area contributed by atoms with Crippen molar-refractivity contribution < 1.29 is 9.53 Å². The van der Waals surface area contributed by atoms with E-state index in [1.54, 1.807) is 32.9 Å². The number of ether oxygens (including phenoxy) is 1. The molecule has 0 aliphatic heterocycles. The van der Waals surface area contributed by atoms with Crippen LogP contribution < -0.4 is 15.4 Å². The summed E-state index contributed by atoms with van der Waals surface area (Å²) in [5.41, 5.74) is 1.05. The third-order valence-corrected chi connectivity index (χ3v) is 4.86. The maximum atomic E-state index is 11.6. The Hall–Kier alpha value is -2.67. The minimum absolute atomic E-state index is 0.0339. The number of likely N-dealkylation sites (N-methyl/N-ethyl adjacent to an activating group) is 1. The van der Waals surface area contributed by atoms with Crippen LogP contribution in [0.4, 0.5) is 0 Å². The van der Waals surface area contributed by atoms with Crippen molar-refractivity contribution in [2.24, 2.45) is 4.99 Å². The van der Waals surface area contributed by atoms with Crippen LogP contribution in [0.2, 0.25) is 0 Å². The Labute approximate surface area is 171 Å². The zero-order valence-electron chi connectivity index (χ0n) is 16.6. The Morgan fingerprint density at radius 1 is 1.11 bits per heavy atom. The van der Waals surface area contributed by atoms with Gasteiger partial charge >= 0.3 is 0 Å². The summed E-state index contributed by atoms with van der Waals surface area (Å²) in [7, 11) is 5.18. The smallest absolute Gasteiger partial charge is 0.259 e. The van der Waals surface area contributed by atoms with Gasteiger partial charge in [0.25, 0.3) is 5.91 Å². The van der Waals surface area contributed by atoms with Gasteiger partial charge in [-0.15, -0.1) is 11.8 Å². The van der Waals surface area contributed by atoms with Crippen molar-refractivity contribution in [1.29, 1.82) is 0 Å². The molecule has 0 fully saturated rings. The number of thioether (sulfide) groups is 1. The first-order valence-electron chi connectivity index (χ1n) is 9.12. The second-order valence-corrected chi connectivity index (χ2v) is 7.41. The van der Waals surface area contributed by atoms with E-state index in [4.69, 9.17) is 4.74 Å². The number of nitrogens with zero attached hydrogens (tertiary/aromatic N) is 2. The van der Waals surface area contributed by atoms with Crippen molar-refractivity contribution in [2.45, 2.75) is 11.4 Å². The van der Waals surface area contributed by atoms with E-state index in [9.17, 15) is 4.79 Å². The zero-order valence-corrected chi connectivity index (χ0v) is 17.5. The number of nitrogens with one attached hydrogen (secondary N) is 2. The van der Waals surface area contributed by atoms with Crippen molar-refractivity contribution in [2.75, 3.05) is 40.0 Å². The number of aliphatic imine (C=N–C) groups is 1. The van der Waals surface area contributed by atoms with Gasteiger partial charge in [0.15, 0.2) is 12.6 Å². The van der Waals surface area contributed by atoms with Gasteiger partial charge in [0.1, 0.15) is 5.75 Å². The predicted octanol–water partition coefficient (Wildman–Crippen LogP) is 2.61. The van der Waals surface area contributed by atoms with E-state index in [0.717, 1.165) is 23.8 Å². The molecule has 0 aliphatic rings. The largest absolute Gasteiger partial charge is 0.484 e. The highest BCUT2D eigenvalue weighted by Crippen LogP contribution is 2.16. The average Bonchev–Trinajstić information content (AvgIpc) is 2.72. The minimum atomic E-state index is -0.0681. The maximum Gasteiger partial charge on any atom is 0.259 e. The first-order chi connectivity index (χ1) is 13.6. The van der Waals surface area contributed by atoms with Gasteiger partial charge in [-0.25, -0.2) is 0 Å². The van der Waals surface area contributed by atoms with E-state index in [1.807, 2.05) is 42.5 Å². The molecule has 0 aromatic heterocycles. The molecular formula is C21H28N4O2S. The summed E-state index contributed by atoms with van der Waals surface area (Å²) in [5.74, 6) is 2.31. The molecule has 6 nitrogen and oxygen atoms in total. The third kappa shape index (κ3) is 7.92. The van der Waals surface area contributed by atoms with Gasteiger partial charge in [-0.1, -0.05) is 30.3 Å². The second-order valence-electron chi connectivity index (χ2n) is 6.24. The lowest BCUT2D eigenvalue weighted by molar-refractivity contribution is -0.130.